The minimum absolute atomic E-state index is 0.129. The van der Waals surface area contributed by atoms with Crippen molar-refractivity contribution in [2.75, 3.05) is 12.5 Å². The summed E-state index contributed by atoms with van der Waals surface area (Å²) in [5.74, 6) is 2.63. The van der Waals surface area contributed by atoms with Crippen molar-refractivity contribution < 1.29 is 18.7 Å². The molecule has 5 rings (SSSR count). The second-order valence-electron chi connectivity index (χ2n) is 7.03. The number of amides is 1. The predicted molar refractivity (Wildman–Crippen MR) is 122 cm³/mol. The highest BCUT2D eigenvalue weighted by Gasteiger charge is 2.18. The number of rotatable bonds is 8. The predicted octanol–water partition coefficient (Wildman–Crippen LogP) is 3.42. The summed E-state index contributed by atoms with van der Waals surface area (Å²) in [6.07, 6.45) is 3.52. The van der Waals surface area contributed by atoms with Gasteiger partial charge in [-0.1, -0.05) is 36.0 Å². The van der Waals surface area contributed by atoms with Crippen LogP contribution in [0.3, 0.4) is 0 Å². The molecule has 2 aromatic heterocycles. The smallest absolute Gasteiger partial charge is 0.250 e. The summed E-state index contributed by atoms with van der Waals surface area (Å²) < 4.78 is 18.0. The fourth-order valence-corrected chi connectivity index (χ4v) is 4.04. The zero-order valence-electron chi connectivity index (χ0n) is 17.4. The Hall–Kier alpha value is -4.05. The van der Waals surface area contributed by atoms with Gasteiger partial charge >= 0.3 is 0 Å². The van der Waals surface area contributed by atoms with Crippen LogP contribution in [0.25, 0.3) is 5.69 Å². The van der Waals surface area contributed by atoms with E-state index in [0.717, 1.165) is 28.6 Å². The molecule has 0 unspecified atom stereocenters. The monoisotopic (exact) mass is 461 g/mol. The fourth-order valence-electron chi connectivity index (χ4n) is 3.27. The Kier molecular flexibility index (Phi) is 6.07. The molecule has 2 aromatic carbocycles. The van der Waals surface area contributed by atoms with Crippen molar-refractivity contribution >= 4 is 23.9 Å². The van der Waals surface area contributed by atoms with Gasteiger partial charge in [0.15, 0.2) is 16.7 Å². The molecule has 166 valence electrons. The molecule has 0 fully saturated rings. The number of aromatic nitrogens is 3. The lowest BCUT2D eigenvalue weighted by Gasteiger charge is -2.10. The van der Waals surface area contributed by atoms with Gasteiger partial charge in [0.05, 0.1) is 18.2 Å². The summed E-state index contributed by atoms with van der Waals surface area (Å²) in [4.78, 5) is 12.2. The van der Waals surface area contributed by atoms with Crippen molar-refractivity contribution in [3.8, 4) is 17.2 Å². The van der Waals surface area contributed by atoms with Gasteiger partial charge in [0.2, 0.25) is 6.79 Å². The quantitative estimate of drug-likeness (QED) is 0.244. The molecule has 10 heteroatoms. The second kappa shape index (κ2) is 9.61. The number of nitrogens with one attached hydrogen (secondary N) is 1. The third-order valence-corrected chi connectivity index (χ3v) is 5.70. The number of furan rings is 1. The van der Waals surface area contributed by atoms with Crippen LogP contribution < -0.4 is 14.9 Å². The van der Waals surface area contributed by atoms with E-state index in [1.807, 2.05) is 53.1 Å². The molecule has 4 aromatic rings. The van der Waals surface area contributed by atoms with Crippen LogP contribution in [0.5, 0.6) is 11.5 Å². The van der Waals surface area contributed by atoms with Crippen LogP contribution in [-0.4, -0.2) is 39.4 Å². The molecule has 1 aliphatic rings. The third-order valence-electron chi connectivity index (χ3n) is 4.77. The van der Waals surface area contributed by atoms with Crippen LogP contribution in [0, 0.1) is 0 Å². The number of benzene rings is 2. The number of para-hydroxylation sites is 1. The summed E-state index contributed by atoms with van der Waals surface area (Å²) in [6, 6.07) is 19.1. The van der Waals surface area contributed by atoms with Gasteiger partial charge in [-0.25, -0.2) is 5.43 Å². The average molecular weight is 462 g/mol. The number of thioether (sulfide) groups is 1. The molecular weight excluding hydrogens is 442 g/mol. The molecule has 0 bridgehead atoms. The number of nitrogens with zero attached hydrogens (tertiary/aromatic N) is 4. The van der Waals surface area contributed by atoms with Crippen molar-refractivity contribution in [2.45, 2.75) is 11.6 Å². The zero-order chi connectivity index (χ0) is 22.5. The Balaban J connectivity index is 1.32. The lowest BCUT2D eigenvalue weighted by molar-refractivity contribution is -0.118. The van der Waals surface area contributed by atoms with E-state index in [1.165, 1.54) is 24.2 Å². The van der Waals surface area contributed by atoms with Gasteiger partial charge in [-0.3, -0.25) is 9.36 Å². The molecule has 0 saturated heterocycles. The fraction of sp³-hybridized carbons (Fsp3) is 0.130. The highest BCUT2D eigenvalue weighted by molar-refractivity contribution is 7.99. The first-order valence-corrected chi connectivity index (χ1v) is 11.1. The van der Waals surface area contributed by atoms with E-state index >= 15 is 0 Å². The molecule has 0 aliphatic carbocycles. The molecule has 9 nitrogen and oxygen atoms in total. The van der Waals surface area contributed by atoms with Gasteiger partial charge in [-0.15, -0.1) is 10.2 Å². The highest BCUT2D eigenvalue weighted by Crippen LogP contribution is 2.33. The van der Waals surface area contributed by atoms with Gasteiger partial charge in [0.1, 0.15) is 11.6 Å². The van der Waals surface area contributed by atoms with Gasteiger partial charge in [0, 0.05) is 12.1 Å². The maximum absolute atomic E-state index is 12.2. The van der Waals surface area contributed by atoms with Crippen molar-refractivity contribution in [2.24, 2.45) is 5.10 Å². The molecule has 1 N–H and O–H groups in total. The van der Waals surface area contributed by atoms with Gasteiger partial charge in [-0.05, 0) is 42.0 Å². The summed E-state index contributed by atoms with van der Waals surface area (Å²) in [7, 11) is 0. The molecular formula is C23H19N5O4S. The van der Waals surface area contributed by atoms with Crippen LogP contribution >= 0.6 is 11.8 Å². The lowest BCUT2D eigenvalue weighted by atomic mass is 10.1. The first-order valence-electron chi connectivity index (χ1n) is 10.1. The number of fused-ring (bicyclic) bond motifs is 1. The first-order chi connectivity index (χ1) is 16.3. The van der Waals surface area contributed by atoms with Gasteiger partial charge in [0.25, 0.3) is 5.91 Å². The van der Waals surface area contributed by atoms with E-state index in [2.05, 4.69) is 20.7 Å². The first kappa shape index (κ1) is 20.8. The molecule has 0 saturated carbocycles. The van der Waals surface area contributed by atoms with E-state index in [-0.39, 0.29) is 18.5 Å². The number of hydrogen-bond donors (Lipinski definition) is 1. The van der Waals surface area contributed by atoms with Crippen LogP contribution in [0.2, 0.25) is 0 Å². The van der Waals surface area contributed by atoms with Gasteiger partial charge < -0.3 is 13.9 Å². The molecule has 33 heavy (non-hydrogen) atoms. The van der Waals surface area contributed by atoms with E-state index in [0.29, 0.717) is 17.3 Å². The average Bonchev–Trinajstić information content (AvgIpc) is 3.59. The molecule has 3 heterocycles. The number of carbonyl (C=O) groups is 1. The Labute approximate surface area is 193 Å². The van der Waals surface area contributed by atoms with Crippen molar-refractivity contribution in [1.82, 2.24) is 20.2 Å². The minimum atomic E-state index is -0.261. The van der Waals surface area contributed by atoms with Crippen LogP contribution in [-0.2, 0) is 11.2 Å². The topological polar surface area (TPSA) is 104 Å². The maximum Gasteiger partial charge on any atom is 0.250 e. The van der Waals surface area contributed by atoms with E-state index in [9.17, 15) is 4.79 Å². The van der Waals surface area contributed by atoms with Gasteiger partial charge in [-0.2, -0.15) is 5.10 Å². The van der Waals surface area contributed by atoms with Crippen LogP contribution in [0.4, 0.5) is 0 Å². The van der Waals surface area contributed by atoms with Crippen LogP contribution in [0.1, 0.15) is 17.1 Å². The van der Waals surface area contributed by atoms with Crippen LogP contribution in [0.15, 0.2) is 81.6 Å². The Bertz CT molecular complexity index is 1270. The summed E-state index contributed by atoms with van der Waals surface area (Å²) in [5.41, 5.74) is 4.42. The third kappa shape index (κ3) is 4.90. The molecule has 0 spiro atoms. The Morgan fingerprint density at radius 1 is 1.09 bits per heavy atom. The zero-order valence-corrected chi connectivity index (χ0v) is 18.2. The van der Waals surface area contributed by atoms with Crippen molar-refractivity contribution in [3.05, 3.63) is 84.1 Å². The van der Waals surface area contributed by atoms with E-state index in [1.54, 1.807) is 12.1 Å². The second-order valence-corrected chi connectivity index (χ2v) is 7.97. The summed E-state index contributed by atoms with van der Waals surface area (Å²) >= 11 is 1.28. The number of ether oxygens (including phenoxy) is 2. The van der Waals surface area contributed by atoms with Crippen molar-refractivity contribution in [3.63, 3.8) is 0 Å². The Morgan fingerprint density at radius 3 is 2.82 bits per heavy atom. The van der Waals surface area contributed by atoms with Crippen molar-refractivity contribution in [1.29, 1.82) is 0 Å². The number of hydrazone groups is 1. The Morgan fingerprint density at radius 2 is 1.97 bits per heavy atom. The lowest BCUT2D eigenvalue weighted by Crippen LogP contribution is -2.20. The van der Waals surface area contributed by atoms with E-state index < -0.39 is 0 Å². The SMILES string of the molecule is O=C(CSc1nnc(Cc2ccc3c(c2)OCO3)n1-c1ccccc1)NN=Cc1ccco1. The largest absolute Gasteiger partial charge is 0.463 e. The number of hydrogen-bond acceptors (Lipinski definition) is 8. The number of carbonyl (C=O) groups excluding carboxylic acids is 1. The molecule has 1 amide bonds. The maximum atomic E-state index is 12.2. The summed E-state index contributed by atoms with van der Waals surface area (Å²) in [5, 5.41) is 13.3. The normalized spacial score (nSPS) is 12.4. The molecule has 0 radical (unpaired) electrons. The highest BCUT2D eigenvalue weighted by atomic mass is 32.2. The minimum Gasteiger partial charge on any atom is -0.463 e. The van der Waals surface area contributed by atoms with E-state index in [4.69, 9.17) is 13.9 Å². The molecule has 1 aliphatic heterocycles. The molecule has 0 atom stereocenters. The summed E-state index contributed by atoms with van der Waals surface area (Å²) in [6.45, 7) is 0.230. The standard InChI is InChI=1S/C23H19N5O4S/c29-22(26-24-13-18-7-4-10-30-18)14-33-23-27-25-21(28(23)17-5-2-1-3-6-17)12-16-8-9-19-20(11-16)32-15-31-19/h1-11,13H,12,14-15H2,(H,26,29).